The Labute approximate surface area is 119 Å². The largest absolute Gasteiger partial charge is 0.467 e. The van der Waals surface area contributed by atoms with Crippen LogP contribution in [-0.2, 0) is 14.3 Å². The first-order valence-corrected chi connectivity index (χ1v) is 6.57. The number of amides is 1. The van der Waals surface area contributed by atoms with Gasteiger partial charge in [-0.15, -0.1) is 0 Å². The molecule has 0 spiro atoms. The second kappa shape index (κ2) is 7.48. The summed E-state index contributed by atoms with van der Waals surface area (Å²) in [6, 6.07) is 7.18. The molecule has 1 rings (SSSR count). The third-order valence-electron chi connectivity index (χ3n) is 2.89. The van der Waals surface area contributed by atoms with E-state index in [1.807, 2.05) is 45.0 Å². The average molecular weight is 275 g/mol. The van der Waals surface area contributed by atoms with Crippen LogP contribution in [0, 0.1) is 12.8 Å². The topological polar surface area (TPSA) is 55.4 Å². The molecule has 1 N–H and O–H groups in total. The molecule has 1 unspecified atom stereocenters. The summed E-state index contributed by atoms with van der Waals surface area (Å²) in [7, 11) is 1.31. The summed E-state index contributed by atoms with van der Waals surface area (Å²) < 4.78 is 4.68. The molecule has 0 aliphatic carbocycles. The highest BCUT2D eigenvalue weighted by Crippen LogP contribution is 2.07. The van der Waals surface area contributed by atoms with Crippen LogP contribution in [0.3, 0.4) is 0 Å². The molecule has 0 bridgehead atoms. The van der Waals surface area contributed by atoms with Crippen LogP contribution >= 0.6 is 0 Å². The molecule has 1 atom stereocenters. The molecule has 1 aromatic carbocycles. The van der Waals surface area contributed by atoms with E-state index < -0.39 is 12.0 Å². The zero-order valence-electron chi connectivity index (χ0n) is 12.3. The molecule has 108 valence electrons. The number of esters is 1. The summed E-state index contributed by atoms with van der Waals surface area (Å²) in [6.45, 7) is 5.70. The summed E-state index contributed by atoms with van der Waals surface area (Å²) in [6.07, 6.45) is 3.14. The van der Waals surface area contributed by atoms with Gasteiger partial charge in [0.15, 0.2) is 0 Å². The SMILES string of the molecule is COC(=O)C(NC(=O)/C=C/c1cccc(C)c1)C(C)C. The number of hydrogen-bond acceptors (Lipinski definition) is 3. The van der Waals surface area contributed by atoms with Gasteiger partial charge >= 0.3 is 5.97 Å². The fourth-order valence-electron chi connectivity index (χ4n) is 1.77. The van der Waals surface area contributed by atoms with Crippen molar-refractivity contribution in [3.8, 4) is 0 Å². The van der Waals surface area contributed by atoms with Crippen LogP contribution in [0.25, 0.3) is 6.08 Å². The van der Waals surface area contributed by atoms with Gasteiger partial charge in [0.05, 0.1) is 7.11 Å². The van der Waals surface area contributed by atoms with Crippen LogP contribution in [0.5, 0.6) is 0 Å². The third kappa shape index (κ3) is 4.88. The van der Waals surface area contributed by atoms with Crippen molar-refractivity contribution in [1.82, 2.24) is 5.32 Å². The van der Waals surface area contributed by atoms with Crippen molar-refractivity contribution in [1.29, 1.82) is 0 Å². The van der Waals surface area contributed by atoms with Gasteiger partial charge in [-0.2, -0.15) is 0 Å². The van der Waals surface area contributed by atoms with Crippen LogP contribution in [0.2, 0.25) is 0 Å². The van der Waals surface area contributed by atoms with E-state index >= 15 is 0 Å². The first kappa shape index (κ1) is 16.0. The van der Waals surface area contributed by atoms with E-state index in [1.165, 1.54) is 13.2 Å². The number of ether oxygens (including phenoxy) is 1. The van der Waals surface area contributed by atoms with Crippen LogP contribution in [0.15, 0.2) is 30.3 Å². The quantitative estimate of drug-likeness (QED) is 0.663. The molecule has 1 aromatic rings. The fraction of sp³-hybridized carbons (Fsp3) is 0.375. The average Bonchev–Trinajstić information content (AvgIpc) is 2.41. The van der Waals surface area contributed by atoms with E-state index in [-0.39, 0.29) is 11.8 Å². The molecule has 0 saturated heterocycles. The Balaban J connectivity index is 2.68. The molecule has 0 saturated carbocycles. The van der Waals surface area contributed by atoms with Crippen LogP contribution in [0.1, 0.15) is 25.0 Å². The molecular weight excluding hydrogens is 254 g/mol. The van der Waals surface area contributed by atoms with Gasteiger partial charge in [0, 0.05) is 6.08 Å². The van der Waals surface area contributed by atoms with Gasteiger partial charge in [-0.25, -0.2) is 4.79 Å². The second-order valence-corrected chi connectivity index (χ2v) is 5.00. The molecule has 0 radical (unpaired) electrons. The second-order valence-electron chi connectivity index (χ2n) is 5.00. The van der Waals surface area contributed by atoms with Gasteiger partial charge in [-0.05, 0) is 24.5 Å². The maximum atomic E-state index is 11.8. The Morgan fingerprint density at radius 3 is 2.55 bits per heavy atom. The zero-order valence-corrected chi connectivity index (χ0v) is 12.3. The van der Waals surface area contributed by atoms with Crippen molar-refractivity contribution in [3.63, 3.8) is 0 Å². The molecule has 1 amide bonds. The lowest BCUT2D eigenvalue weighted by molar-refractivity contribution is -0.145. The number of methoxy groups -OCH3 is 1. The highest BCUT2D eigenvalue weighted by Gasteiger charge is 2.23. The van der Waals surface area contributed by atoms with E-state index in [0.29, 0.717) is 0 Å². The minimum atomic E-state index is -0.630. The van der Waals surface area contributed by atoms with Gasteiger partial charge in [0.25, 0.3) is 0 Å². The fourth-order valence-corrected chi connectivity index (χ4v) is 1.77. The Hall–Kier alpha value is -2.10. The summed E-state index contributed by atoms with van der Waals surface area (Å²) in [5, 5.41) is 2.65. The molecule has 0 aliphatic rings. The van der Waals surface area contributed by atoms with Crippen molar-refractivity contribution < 1.29 is 14.3 Å². The van der Waals surface area contributed by atoms with Crippen LogP contribution in [0.4, 0.5) is 0 Å². The van der Waals surface area contributed by atoms with Gasteiger partial charge in [-0.1, -0.05) is 43.7 Å². The maximum Gasteiger partial charge on any atom is 0.328 e. The molecule has 20 heavy (non-hydrogen) atoms. The first-order chi connectivity index (χ1) is 9.43. The zero-order chi connectivity index (χ0) is 15.1. The lowest BCUT2D eigenvalue weighted by atomic mass is 10.0. The van der Waals surface area contributed by atoms with Crippen molar-refractivity contribution in [2.24, 2.45) is 5.92 Å². The summed E-state index contributed by atoms with van der Waals surface area (Å²) in [5.74, 6) is -0.772. The first-order valence-electron chi connectivity index (χ1n) is 6.57. The van der Waals surface area contributed by atoms with Gasteiger partial charge in [0.2, 0.25) is 5.91 Å². The number of hydrogen-bond donors (Lipinski definition) is 1. The van der Waals surface area contributed by atoms with Crippen LogP contribution < -0.4 is 5.32 Å². The van der Waals surface area contributed by atoms with Crippen molar-refractivity contribution in [2.45, 2.75) is 26.8 Å². The number of aryl methyl sites for hydroxylation is 1. The summed E-state index contributed by atoms with van der Waals surface area (Å²) in [4.78, 5) is 23.4. The van der Waals surface area contributed by atoms with Gasteiger partial charge < -0.3 is 10.1 Å². The Morgan fingerprint density at radius 1 is 1.30 bits per heavy atom. The van der Waals surface area contributed by atoms with Crippen molar-refractivity contribution in [2.75, 3.05) is 7.11 Å². The van der Waals surface area contributed by atoms with Crippen molar-refractivity contribution >= 4 is 18.0 Å². The summed E-state index contributed by atoms with van der Waals surface area (Å²) >= 11 is 0. The number of carbonyl (C=O) groups is 2. The standard InChI is InChI=1S/C16H21NO3/c1-11(2)15(16(19)20-4)17-14(18)9-8-13-7-5-6-12(3)10-13/h5-11,15H,1-4H3,(H,17,18)/b9-8+. The highest BCUT2D eigenvalue weighted by molar-refractivity contribution is 5.94. The Bertz CT molecular complexity index is 506. The molecular formula is C16H21NO3. The minimum absolute atomic E-state index is 0.0289. The third-order valence-corrected chi connectivity index (χ3v) is 2.89. The molecule has 0 heterocycles. The normalized spacial score (nSPS) is 12.4. The predicted molar refractivity (Wildman–Crippen MR) is 79.0 cm³/mol. The van der Waals surface area contributed by atoms with E-state index in [4.69, 9.17) is 0 Å². The number of benzene rings is 1. The molecule has 4 heteroatoms. The van der Waals surface area contributed by atoms with Gasteiger partial charge in [-0.3, -0.25) is 4.79 Å². The van der Waals surface area contributed by atoms with Crippen molar-refractivity contribution in [3.05, 3.63) is 41.5 Å². The Morgan fingerprint density at radius 2 is 2.00 bits per heavy atom. The maximum absolute atomic E-state index is 11.8. The predicted octanol–water partition coefficient (Wildman–Crippen LogP) is 2.32. The molecule has 0 aliphatic heterocycles. The summed E-state index contributed by atoms with van der Waals surface area (Å²) in [5.41, 5.74) is 2.07. The van der Waals surface area contributed by atoms with E-state index in [2.05, 4.69) is 10.1 Å². The lowest BCUT2D eigenvalue weighted by Gasteiger charge is -2.18. The molecule has 4 nitrogen and oxygen atoms in total. The highest BCUT2D eigenvalue weighted by atomic mass is 16.5. The van der Waals surface area contributed by atoms with Gasteiger partial charge in [0.1, 0.15) is 6.04 Å². The smallest absolute Gasteiger partial charge is 0.328 e. The van der Waals surface area contributed by atoms with Crippen LogP contribution in [-0.4, -0.2) is 25.0 Å². The minimum Gasteiger partial charge on any atom is -0.467 e. The number of rotatable bonds is 5. The van der Waals surface area contributed by atoms with E-state index in [0.717, 1.165) is 11.1 Å². The Kier molecular flexibility index (Phi) is 5.97. The lowest BCUT2D eigenvalue weighted by Crippen LogP contribution is -2.44. The number of nitrogens with one attached hydrogen (secondary N) is 1. The molecule has 0 aromatic heterocycles. The van der Waals surface area contributed by atoms with E-state index in [9.17, 15) is 9.59 Å². The van der Waals surface area contributed by atoms with E-state index in [1.54, 1.807) is 6.08 Å². The monoisotopic (exact) mass is 275 g/mol. The number of carbonyl (C=O) groups excluding carboxylic acids is 2. The molecule has 0 fully saturated rings.